The van der Waals surface area contributed by atoms with E-state index >= 15 is 0 Å². The molecule has 8 heteroatoms. The Balaban J connectivity index is 2.15. The van der Waals surface area contributed by atoms with Gasteiger partial charge in [0.1, 0.15) is 6.61 Å². The Morgan fingerprint density at radius 3 is 3.00 bits per heavy atom. The van der Waals surface area contributed by atoms with Gasteiger partial charge >= 0.3 is 6.09 Å². The smallest absolute Gasteiger partial charge is 0.407 e. The number of hydrogen-bond acceptors (Lipinski definition) is 6. The van der Waals surface area contributed by atoms with Crippen molar-refractivity contribution in [3.63, 3.8) is 0 Å². The molecule has 3 N–H and O–H groups in total. The zero-order valence-corrected chi connectivity index (χ0v) is 14.6. The third-order valence-corrected chi connectivity index (χ3v) is 5.41. The number of rotatable bonds is 10. The van der Waals surface area contributed by atoms with Crippen molar-refractivity contribution in [2.24, 2.45) is 5.41 Å². The third kappa shape index (κ3) is 8.14. The molecule has 0 aromatic carbocycles. The van der Waals surface area contributed by atoms with E-state index in [1.165, 1.54) is 0 Å². The molecular formula is C14H26N2O4S2. The van der Waals surface area contributed by atoms with Gasteiger partial charge in [0.05, 0.1) is 0 Å². The largest absolute Gasteiger partial charge is 0.449 e. The highest BCUT2D eigenvalue weighted by Gasteiger charge is 2.32. The van der Waals surface area contributed by atoms with E-state index in [1.54, 1.807) is 11.8 Å². The number of carbonyl (C=O) groups is 2. The summed E-state index contributed by atoms with van der Waals surface area (Å²) in [6, 6.07) is 0.204. The van der Waals surface area contributed by atoms with Gasteiger partial charge < -0.3 is 19.9 Å². The quantitative estimate of drug-likeness (QED) is 0.318. The normalized spacial score (nSPS) is 24.5. The molecule has 2 unspecified atom stereocenters. The van der Waals surface area contributed by atoms with E-state index in [-0.39, 0.29) is 17.6 Å². The van der Waals surface area contributed by atoms with Gasteiger partial charge in [-0.1, -0.05) is 13.3 Å². The fraction of sp³-hybridized carbons (Fsp3) is 0.857. The van der Waals surface area contributed by atoms with E-state index in [1.807, 2.05) is 0 Å². The second-order valence-electron chi connectivity index (χ2n) is 5.82. The molecule has 0 saturated heterocycles. The number of carbonyl (C=O) groups excluding carboxylic acids is 2. The fourth-order valence-corrected chi connectivity index (χ4v) is 3.88. The van der Waals surface area contributed by atoms with E-state index in [0.717, 1.165) is 55.6 Å². The van der Waals surface area contributed by atoms with Crippen molar-refractivity contribution < 1.29 is 18.9 Å². The Labute approximate surface area is 140 Å². The topological polar surface area (TPSA) is 87.7 Å². The van der Waals surface area contributed by atoms with Gasteiger partial charge in [-0.3, -0.25) is 4.79 Å². The van der Waals surface area contributed by atoms with Gasteiger partial charge in [-0.2, -0.15) is 11.8 Å². The Morgan fingerprint density at radius 2 is 2.27 bits per heavy atom. The van der Waals surface area contributed by atoms with Crippen LogP contribution in [-0.4, -0.2) is 53.5 Å². The molecular weight excluding hydrogens is 324 g/mol. The number of ether oxygens (including phenoxy) is 1. The Morgan fingerprint density at radius 1 is 1.45 bits per heavy atom. The van der Waals surface area contributed by atoms with Crippen LogP contribution in [0.3, 0.4) is 0 Å². The molecule has 1 aliphatic rings. The molecule has 0 heterocycles. The lowest BCUT2D eigenvalue weighted by Gasteiger charge is -2.37. The van der Waals surface area contributed by atoms with Crippen LogP contribution in [-0.2, 0) is 9.53 Å². The molecule has 1 fully saturated rings. The zero-order chi connectivity index (χ0) is 16.3. The molecule has 0 radical (unpaired) electrons. The van der Waals surface area contributed by atoms with Crippen LogP contribution in [0.25, 0.3) is 0 Å². The molecule has 1 saturated carbocycles. The second-order valence-corrected chi connectivity index (χ2v) is 7.71. The van der Waals surface area contributed by atoms with Crippen molar-refractivity contribution in [2.45, 2.75) is 38.6 Å². The van der Waals surface area contributed by atoms with Gasteiger partial charge in [-0.15, -0.1) is 0 Å². The Hall–Kier alpha value is -0.600. The summed E-state index contributed by atoms with van der Waals surface area (Å²) < 4.78 is 13.7. The highest BCUT2D eigenvalue weighted by atomic mass is 32.2. The van der Waals surface area contributed by atoms with E-state index < -0.39 is 0 Å². The maximum atomic E-state index is 11.7. The minimum atomic E-state index is -0.385. The number of hydrogen-bond donors (Lipinski definition) is 3. The summed E-state index contributed by atoms with van der Waals surface area (Å²) in [5, 5.41) is 5.67. The van der Waals surface area contributed by atoms with E-state index in [9.17, 15) is 9.59 Å². The molecule has 2 atom stereocenters. The van der Waals surface area contributed by atoms with Gasteiger partial charge in [0, 0.05) is 29.8 Å². The summed E-state index contributed by atoms with van der Waals surface area (Å²) in [5.41, 5.74) is 0.00501. The molecule has 128 valence electrons. The lowest BCUT2D eigenvalue weighted by atomic mass is 9.73. The van der Waals surface area contributed by atoms with E-state index in [2.05, 4.69) is 17.6 Å². The first-order valence-electron chi connectivity index (χ1n) is 7.54. The molecule has 6 nitrogen and oxygen atoms in total. The molecule has 1 aliphatic carbocycles. The molecule has 0 aromatic rings. The summed E-state index contributed by atoms with van der Waals surface area (Å²) >= 11 is 2.47. The molecule has 22 heavy (non-hydrogen) atoms. The monoisotopic (exact) mass is 350 g/mol. The second kappa shape index (κ2) is 11.0. The Kier molecular flexibility index (Phi) is 9.74. The van der Waals surface area contributed by atoms with Crippen molar-refractivity contribution in [1.82, 2.24) is 10.6 Å². The molecule has 0 aromatic heterocycles. The van der Waals surface area contributed by atoms with Crippen LogP contribution < -0.4 is 10.6 Å². The summed E-state index contributed by atoms with van der Waals surface area (Å²) in [6.45, 7) is 3.07. The molecule has 1 rings (SSSR count). The van der Waals surface area contributed by atoms with E-state index in [0.29, 0.717) is 18.9 Å². The fourth-order valence-electron chi connectivity index (χ4n) is 2.70. The van der Waals surface area contributed by atoms with Gasteiger partial charge in [0.2, 0.25) is 6.41 Å². The average Bonchev–Trinajstić information content (AvgIpc) is 2.49. The van der Waals surface area contributed by atoms with E-state index in [4.69, 9.17) is 9.29 Å². The number of thioether (sulfide) groups is 1. The minimum absolute atomic E-state index is 0.00501. The van der Waals surface area contributed by atoms with Crippen molar-refractivity contribution >= 4 is 36.3 Å². The SMILES string of the molecule is CC1(CNC(=O)OCCSCCSO)CCCC(NC=O)C1. The van der Waals surface area contributed by atoms with Crippen LogP contribution in [0.2, 0.25) is 0 Å². The van der Waals surface area contributed by atoms with Crippen LogP contribution in [0.1, 0.15) is 32.6 Å². The van der Waals surface area contributed by atoms with Crippen LogP contribution in [0.5, 0.6) is 0 Å². The number of nitrogens with one attached hydrogen (secondary N) is 2. The maximum Gasteiger partial charge on any atom is 0.407 e. The summed E-state index contributed by atoms with van der Waals surface area (Å²) in [6.07, 6.45) is 4.34. The number of amides is 2. The third-order valence-electron chi connectivity index (χ3n) is 3.82. The summed E-state index contributed by atoms with van der Waals surface area (Å²) in [5.74, 6) is 2.26. The highest BCUT2D eigenvalue weighted by Crippen LogP contribution is 2.35. The van der Waals surface area contributed by atoms with Gasteiger partial charge in [-0.25, -0.2) is 4.79 Å². The first kappa shape index (κ1) is 19.4. The zero-order valence-electron chi connectivity index (χ0n) is 13.0. The highest BCUT2D eigenvalue weighted by molar-refractivity contribution is 8.01. The van der Waals surface area contributed by atoms with Crippen LogP contribution in [0.15, 0.2) is 0 Å². The van der Waals surface area contributed by atoms with Crippen molar-refractivity contribution in [3.8, 4) is 0 Å². The van der Waals surface area contributed by atoms with Gasteiger partial charge in [-0.05, 0) is 36.7 Å². The lowest BCUT2D eigenvalue weighted by Crippen LogP contribution is -2.44. The summed E-state index contributed by atoms with van der Waals surface area (Å²) in [4.78, 5) is 22.2. The van der Waals surface area contributed by atoms with Crippen molar-refractivity contribution in [1.29, 1.82) is 0 Å². The van der Waals surface area contributed by atoms with Crippen LogP contribution in [0, 0.1) is 5.41 Å². The lowest BCUT2D eigenvalue weighted by molar-refractivity contribution is -0.110. The predicted octanol–water partition coefficient (Wildman–Crippen LogP) is 2.35. The summed E-state index contributed by atoms with van der Waals surface area (Å²) in [7, 11) is 0. The molecule has 2 amide bonds. The van der Waals surface area contributed by atoms with Crippen molar-refractivity contribution in [2.75, 3.05) is 30.4 Å². The average molecular weight is 351 g/mol. The van der Waals surface area contributed by atoms with Crippen molar-refractivity contribution in [3.05, 3.63) is 0 Å². The first-order valence-corrected chi connectivity index (χ1v) is 9.64. The van der Waals surface area contributed by atoms with Gasteiger partial charge in [0.25, 0.3) is 0 Å². The molecule has 0 bridgehead atoms. The first-order chi connectivity index (χ1) is 10.6. The molecule has 0 spiro atoms. The Bertz CT molecular complexity index is 347. The predicted molar refractivity (Wildman–Crippen MR) is 91.3 cm³/mol. The molecule has 0 aliphatic heterocycles. The standard InChI is InChI=1S/C14H26N2O4S2/c1-14(4-2-3-12(9-14)16-11-17)10-15-13(18)20-5-6-21-7-8-22-19/h11-12,19H,2-10H2,1H3,(H,15,18)(H,16,17). The number of alkyl carbamates (subject to hydrolysis) is 1. The van der Waals surface area contributed by atoms with Crippen LogP contribution in [0.4, 0.5) is 4.79 Å². The maximum absolute atomic E-state index is 11.7. The minimum Gasteiger partial charge on any atom is -0.449 e. The van der Waals surface area contributed by atoms with Crippen LogP contribution >= 0.6 is 23.8 Å². The van der Waals surface area contributed by atoms with Gasteiger partial charge in [0.15, 0.2) is 0 Å².